The van der Waals surface area contributed by atoms with Crippen molar-refractivity contribution in [1.82, 2.24) is 5.32 Å². The molecule has 0 radical (unpaired) electrons. The Bertz CT molecular complexity index is 701. The van der Waals surface area contributed by atoms with Gasteiger partial charge in [-0.1, -0.05) is 11.6 Å². The van der Waals surface area contributed by atoms with Crippen molar-refractivity contribution in [1.29, 1.82) is 0 Å². The van der Waals surface area contributed by atoms with Crippen LogP contribution in [0.15, 0.2) is 11.6 Å². The maximum atomic E-state index is 12.5. The van der Waals surface area contributed by atoms with Crippen LogP contribution in [0, 0.1) is 5.92 Å². The molecule has 7 nitrogen and oxygen atoms in total. The topological polar surface area (TPSA) is 98.6 Å². The van der Waals surface area contributed by atoms with E-state index in [4.69, 9.17) is 24.7 Å². The van der Waals surface area contributed by atoms with Gasteiger partial charge in [-0.05, 0) is 58.8 Å². The lowest BCUT2D eigenvalue weighted by Crippen LogP contribution is -2.66. The van der Waals surface area contributed by atoms with Crippen molar-refractivity contribution in [2.75, 3.05) is 7.11 Å². The number of nitrogens with two attached hydrogens (primary N) is 1. The highest BCUT2D eigenvalue weighted by molar-refractivity contribution is 5.68. The largest absolute Gasteiger partial charge is 0.443 e. The van der Waals surface area contributed by atoms with Gasteiger partial charge < -0.3 is 30.0 Å². The standard InChI is InChI=1S/C22H34N2O5/c1-12(2)4-9-16-22(28-16)18-17(26-3)15(10-11-21(18)19(22)29-21)27-20(25)24-14-7-5-13(23)6-8-14/h4,13-19H,5-11,23H2,1-3H3,(H,24,25)/t13-,14-,15?,16-,17?,18?,19?,21-,22?/m1/s1. The van der Waals surface area contributed by atoms with Crippen LogP contribution in [0.4, 0.5) is 4.79 Å². The zero-order valence-corrected chi connectivity index (χ0v) is 17.7. The van der Waals surface area contributed by atoms with Gasteiger partial charge in [0.25, 0.3) is 0 Å². The number of methoxy groups -OCH3 is 1. The minimum atomic E-state index is -0.340. The SMILES string of the molecule is COC1C(OC(=O)N[C@H]2CC[C@H](N)CC2)CC[C@]23OC2C2(O[C@@H]2CC=C(C)C)C13. The maximum Gasteiger partial charge on any atom is 0.407 e. The van der Waals surface area contributed by atoms with E-state index in [1.165, 1.54) is 5.57 Å². The molecular formula is C22H34N2O5. The van der Waals surface area contributed by atoms with E-state index in [2.05, 4.69) is 25.2 Å². The van der Waals surface area contributed by atoms with Crippen molar-refractivity contribution >= 4 is 6.09 Å². The second kappa shape index (κ2) is 6.94. The van der Waals surface area contributed by atoms with Crippen LogP contribution >= 0.6 is 0 Å². The monoisotopic (exact) mass is 406 g/mol. The van der Waals surface area contributed by atoms with Crippen LogP contribution in [0.25, 0.3) is 0 Å². The molecule has 7 atom stereocenters. The Balaban J connectivity index is 1.22. The molecule has 5 unspecified atom stereocenters. The molecule has 5 fully saturated rings. The molecule has 2 spiro atoms. The second-order valence-electron chi connectivity index (χ2n) is 9.85. The number of hydrogen-bond acceptors (Lipinski definition) is 6. The maximum absolute atomic E-state index is 12.5. The summed E-state index contributed by atoms with van der Waals surface area (Å²) in [6.45, 7) is 4.21. The van der Waals surface area contributed by atoms with Gasteiger partial charge in [0, 0.05) is 19.2 Å². The third-order valence-electron chi connectivity index (χ3n) is 7.82. The molecule has 0 aromatic carbocycles. The van der Waals surface area contributed by atoms with Gasteiger partial charge in [-0.2, -0.15) is 0 Å². The molecule has 29 heavy (non-hydrogen) atoms. The first-order valence-corrected chi connectivity index (χ1v) is 11.1. The number of fused-ring (bicyclic) bond motifs is 2. The molecule has 5 rings (SSSR count). The molecule has 0 aromatic heterocycles. The Morgan fingerprint density at radius 1 is 1.21 bits per heavy atom. The lowest BCUT2D eigenvalue weighted by atomic mass is 9.55. The van der Waals surface area contributed by atoms with Crippen LogP contribution in [-0.2, 0) is 18.9 Å². The summed E-state index contributed by atoms with van der Waals surface area (Å²) >= 11 is 0. The molecule has 5 aliphatic rings. The van der Waals surface area contributed by atoms with Crippen LogP contribution in [0.3, 0.4) is 0 Å². The van der Waals surface area contributed by atoms with Crippen LogP contribution in [0.2, 0.25) is 0 Å². The molecular weight excluding hydrogens is 372 g/mol. The Morgan fingerprint density at radius 3 is 2.66 bits per heavy atom. The summed E-state index contributed by atoms with van der Waals surface area (Å²) in [7, 11) is 1.71. The number of carbonyl (C=O) groups excluding carboxylic acids is 1. The van der Waals surface area contributed by atoms with E-state index in [0.717, 1.165) is 44.9 Å². The quantitative estimate of drug-likeness (QED) is 0.537. The number of ether oxygens (including phenoxy) is 4. The van der Waals surface area contributed by atoms with Gasteiger partial charge in [-0.25, -0.2) is 4.79 Å². The van der Waals surface area contributed by atoms with Gasteiger partial charge in [-0.3, -0.25) is 0 Å². The molecule has 2 heterocycles. The van der Waals surface area contributed by atoms with Gasteiger partial charge in [0.15, 0.2) is 0 Å². The van der Waals surface area contributed by atoms with Gasteiger partial charge in [0.05, 0.1) is 12.0 Å². The molecule has 3 aliphatic carbocycles. The second-order valence-corrected chi connectivity index (χ2v) is 9.85. The number of nitrogens with one attached hydrogen (secondary N) is 1. The highest BCUT2D eigenvalue weighted by Crippen LogP contribution is 2.77. The van der Waals surface area contributed by atoms with Crippen LogP contribution in [0.5, 0.6) is 0 Å². The van der Waals surface area contributed by atoms with Crippen molar-refractivity contribution in [2.24, 2.45) is 11.7 Å². The number of amides is 1. The molecule has 0 aromatic rings. The third-order valence-corrected chi connectivity index (χ3v) is 7.82. The summed E-state index contributed by atoms with van der Waals surface area (Å²) in [4.78, 5) is 12.5. The minimum absolute atomic E-state index is 0.115. The van der Waals surface area contributed by atoms with Crippen LogP contribution in [-0.4, -0.2) is 60.9 Å². The van der Waals surface area contributed by atoms with Gasteiger partial charge >= 0.3 is 6.09 Å². The van der Waals surface area contributed by atoms with Crippen LogP contribution < -0.4 is 11.1 Å². The molecule has 2 aliphatic heterocycles. The molecule has 7 heteroatoms. The number of alkyl carbamates (subject to hydrolysis) is 1. The zero-order chi connectivity index (χ0) is 20.4. The van der Waals surface area contributed by atoms with E-state index in [0.29, 0.717) is 0 Å². The Kier molecular flexibility index (Phi) is 4.74. The number of hydrogen-bond donors (Lipinski definition) is 2. The third kappa shape index (κ3) is 3.04. The van der Waals surface area contributed by atoms with E-state index in [-0.39, 0.29) is 59.7 Å². The Labute approximate surface area is 172 Å². The average molecular weight is 407 g/mol. The summed E-state index contributed by atoms with van der Waals surface area (Å²) in [6, 6.07) is 0.417. The van der Waals surface area contributed by atoms with Crippen molar-refractivity contribution in [3.8, 4) is 0 Å². The first-order chi connectivity index (χ1) is 13.9. The lowest BCUT2D eigenvalue weighted by Gasteiger charge is -2.48. The molecule has 3 saturated carbocycles. The molecule has 162 valence electrons. The summed E-state index contributed by atoms with van der Waals surface area (Å²) < 4.78 is 24.1. The fourth-order valence-corrected chi connectivity index (χ4v) is 6.28. The van der Waals surface area contributed by atoms with Gasteiger partial charge in [0.1, 0.15) is 29.5 Å². The minimum Gasteiger partial charge on any atom is -0.443 e. The lowest BCUT2D eigenvalue weighted by molar-refractivity contribution is -0.133. The first-order valence-electron chi connectivity index (χ1n) is 11.1. The van der Waals surface area contributed by atoms with E-state index < -0.39 is 0 Å². The molecule has 2 saturated heterocycles. The predicted molar refractivity (Wildman–Crippen MR) is 106 cm³/mol. The molecule has 1 amide bonds. The van der Waals surface area contributed by atoms with E-state index >= 15 is 0 Å². The Morgan fingerprint density at radius 2 is 1.97 bits per heavy atom. The van der Waals surface area contributed by atoms with Gasteiger partial charge in [0.2, 0.25) is 0 Å². The fraction of sp³-hybridized carbons (Fsp3) is 0.864. The average Bonchev–Trinajstić information content (AvgIpc) is 3.56. The number of epoxide rings is 2. The zero-order valence-electron chi connectivity index (χ0n) is 17.7. The van der Waals surface area contributed by atoms with E-state index in [1.807, 2.05) is 0 Å². The number of carbonyl (C=O) groups is 1. The molecule has 3 N–H and O–H groups in total. The fourth-order valence-electron chi connectivity index (χ4n) is 6.28. The summed E-state index contributed by atoms with van der Waals surface area (Å²) in [5, 5.41) is 3.03. The number of rotatable bonds is 5. The van der Waals surface area contributed by atoms with E-state index in [1.54, 1.807) is 7.11 Å². The van der Waals surface area contributed by atoms with E-state index in [9.17, 15) is 4.79 Å². The summed E-state index contributed by atoms with van der Waals surface area (Å²) in [5.74, 6) is 0.139. The first kappa shape index (κ1) is 19.8. The summed E-state index contributed by atoms with van der Waals surface area (Å²) in [5.41, 5.74) is 6.89. The Hall–Kier alpha value is -1.15. The summed E-state index contributed by atoms with van der Waals surface area (Å²) in [6.07, 6.45) is 8.10. The smallest absolute Gasteiger partial charge is 0.407 e. The predicted octanol–water partition coefficient (Wildman–Crippen LogP) is 2.42. The van der Waals surface area contributed by atoms with Gasteiger partial charge in [-0.15, -0.1) is 0 Å². The van der Waals surface area contributed by atoms with Crippen molar-refractivity contribution in [3.63, 3.8) is 0 Å². The molecule has 0 bridgehead atoms. The highest BCUT2D eigenvalue weighted by atomic mass is 16.7. The number of allylic oxidation sites excluding steroid dienone is 1. The highest BCUT2D eigenvalue weighted by Gasteiger charge is 2.94. The van der Waals surface area contributed by atoms with Crippen LogP contribution in [0.1, 0.15) is 58.8 Å². The van der Waals surface area contributed by atoms with Crippen molar-refractivity contribution in [2.45, 2.75) is 106 Å². The normalized spacial score (nSPS) is 49.3. The van der Waals surface area contributed by atoms with Crippen molar-refractivity contribution in [3.05, 3.63) is 11.6 Å². The van der Waals surface area contributed by atoms with Crippen molar-refractivity contribution < 1.29 is 23.7 Å².